The molecule has 4 atom stereocenters. The minimum Gasteiger partial charge on any atom is -0.480 e. The van der Waals surface area contributed by atoms with E-state index in [2.05, 4.69) is 23.3 Å². The zero-order chi connectivity index (χ0) is 25.1. The Hall–Kier alpha value is -2.63. The van der Waals surface area contributed by atoms with Crippen LogP contribution in [0, 0.1) is 0 Å². The number of thiol groups is 1. The first-order chi connectivity index (χ1) is 16.3. The lowest BCUT2D eigenvalue weighted by Gasteiger charge is -2.28. The van der Waals surface area contributed by atoms with Gasteiger partial charge in [-0.3, -0.25) is 14.4 Å². The molecule has 0 saturated carbocycles. The number of hydrogen-bond acceptors (Lipinski definition) is 7. The largest absolute Gasteiger partial charge is 0.480 e. The van der Waals surface area contributed by atoms with Gasteiger partial charge in [0.1, 0.15) is 18.1 Å². The van der Waals surface area contributed by atoms with Crippen molar-refractivity contribution in [2.45, 2.75) is 62.7 Å². The average Bonchev–Trinajstić information content (AvgIpc) is 3.32. The van der Waals surface area contributed by atoms with Crippen molar-refractivity contribution in [3.8, 4) is 0 Å². The van der Waals surface area contributed by atoms with Gasteiger partial charge >= 0.3 is 5.97 Å². The van der Waals surface area contributed by atoms with E-state index in [1.54, 1.807) is 0 Å². The van der Waals surface area contributed by atoms with Gasteiger partial charge in [-0.05, 0) is 37.8 Å². The molecule has 4 unspecified atom stereocenters. The number of aliphatic carboxylic acids is 1. The Morgan fingerprint density at radius 2 is 1.76 bits per heavy atom. The van der Waals surface area contributed by atoms with Gasteiger partial charge in [-0.15, -0.1) is 0 Å². The number of benzene rings is 1. The van der Waals surface area contributed by atoms with Gasteiger partial charge in [-0.1, -0.05) is 36.8 Å². The Morgan fingerprint density at radius 3 is 2.38 bits per heavy atom. The van der Waals surface area contributed by atoms with Gasteiger partial charge in [0, 0.05) is 18.7 Å². The number of carbonyl (C=O) groups is 4. The molecule has 1 saturated heterocycles. The Bertz CT molecular complexity index is 840. The summed E-state index contributed by atoms with van der Waals surface area (Å²) in [5, 5.41) is 14.7. The van der Waals surface area contributed by atoms with Gasteiger partial charge in [0.25, 0.3) is 0 Å². The summed E-state index contributed by atoms with van der Waals surface area (Å²) in [6, 6.07) is 5.44. The first-order valence-corrected chi connectivity index (χ1v) is 12.2. The molecule has 1 heterocycles. The molecule has 0 aromatic heterocycles. The lowest BCUT2D eigenvalue weighted by Crippen LogP contribution is -2.58. The normalized spacial score (nSPS) is 18.1. The molecule has 0 aliphatic carbocycles. The molecule has 0 spiro atoms. The Kier molecular flexibility index (Phi) is 11.3. The molecular weight excluding hydrogens is 458 g/mol. The predicted octanol–water partition coefficient (Wildman–Crippen LogP) is -0.340. The molecule has 188 valence electrons. The molecule has 10 nitrogen and oxygen atoms in total. The molecule has 1 fully saturated rings. The van der Waals surface area contributed by atoms with Crippen LogP contribution in [0.2, 0.25) is 0 Å². The lowest BCUT2D eigenvalue weighted by atomic mass is 10.0. The molecule has 3 amide bonds. The van der Waals surface area contributed by atoms with Crippen molar-refractivity contribution in [3.63, 3.8) is 0 Å². The highest BCUT2D eigenvalue weighted by Crippen LogP contribution is 2.19. The Morgan fingerprint density at radius 1 is 1.09 bits per heavy atom. The molecule has 0 radical (unpaired) electrons. The number of likely N-dealkylation sites (tertiary alicyclic amines) is 1. The van der Waals surface area contributed by atoms with E-state index in [0.717, 1.165) is 12.0 Å². The number of hydrogen-bond donors (Lipinski definition) is 6. The Labute approximate surface area is 205 Å². The highest BCUT2D eigenvalue weighted by molar-refractivity contribution is 7.80. The van der Waals surface area contributed by atoms with Gasteiger partial charge in [-0.2, -0.15) is 12.6 Å². The minimum absolute atomic E-state index is 0.0159. The lowest BCUT2D eigenvalue weighted by molar-refractivity contribution is -0.149. The summed E-state index contributed by atoms with van der Waals surface area (Å²) in [5.41, 5.74) is 12.3. The van der Waals surface area contributed by atoms with Crippen LogP contribution >= 0.6 is 12.6 Å². The molecule has 2 rings (SSSR count). The zero-order valence-corrected chi connectivity index (χ0v) is 20.1. The summed E-state index contributed by atoms with van der Waals surface area (Å²) in [5.74, 6) is -2.63. The van der Waals surface area contributed by atoms with E-state index in [4.69, 9.17) is 11.5 Å². The van der Waals surface area contributed by atoms with Crippen LogP contribution in [0.15, 0.2) is 30.3 Å². The van der Waals surface area contributed by atoms with Crippen molar-refractivity contribution in [2.75, 3.05) is 18.8 Å². The molecule has 0 bridgehead atoms. The van der Waals surface area contributed by atoms with Crippen LogP contribution in [-0.2, 0) is 25.6 Å². The monoisotopic (exact) mass is 493 g/mol. The predicted molar refractivity (Wildman–Crippen MR) is 131 cm³/mol. The van der Waals surface area contributed by atoms with Crippen LogP contribution in [-0.4, -0.2) is 76.7 Å². The van der Waals surface area contributed by atoms with Crippen LogP contribution in [0.4, 0.5) is 0 Å². The fourth-order valence-corrected chi connectivity index (χ4v) is 4.17. The van der Waals surface area contributed by atoms with Crippen molar-refractivity contribution in [3.05, 3.63) is 35.9 Å². The van der Waals surface area contributed by atoms with E-state index in [9.17, 15) is 24.3 Å². The number of unbranched alkanes of at least 4 members (excludes halogenated alkanes) is 1. The maximum atomic E-state index is 13.2. The number of carboxylic acid groups (broad SMARTS) is 1. The first kappa shape index (κ1) is 27.6. The maximum absolute atomic E-state index is 13.2. The van der Waals surface area contributed by atoms with Gasteiger partial charge in [0.15, 0.2) is 0 Å². The summed E-state index contributed by atoms with van der Waals surface area (Å²) in [6.07, 6.45) is 3.01. The number of nitrogens with one attached hydrogen (secondary N) is 2. The van der Waals surface area contributed by atoms with Gasteiger partial charge in [0.2, 0.25) is 17.7 Å². The van der Waals surface area contributed by atoms with Gasteiger partial charge in [-0.25, -0.2) is 4.79 Å². The number of nitrogens with zero attached hydrogens (tertiary/aromatic N) is 1. The third-order valence-electron chi connectivity index (χ3n) is 5.84. The van der Waals surface area contributed by atoms with Crippen molar-refractivity contribution in [1.82, 2.24) is 15.5 Å². The van der Waals surface area contributed by atoms with E-state index in [-0.39, 0.29) is 12.2 Å². The van der Waals surface area contributed by atoms with E-state index < -0.39 is 47.9 Å². The Balaban J connectivity index is 2.11. The van der Waals surface area contributed by atoms with Crippen molar-refractivity contribution in [1.29, 1.82) is 0 Å². The average molecular weight is 494 g/mol. The van der Waals surface area contributed by atoms with E-state index in [1.165, 1.54) is 4.90 Å². The molecule has 7 N–H and O–H groups in total. The summed E-state index contributed by atoms with van der Waals surface area (Å²) in [7, 11) is 0. The summed E-state index contributed by atoms with van der Waals surface area (Å²) in [6.45, 7) is 0.810. The number of carboxylic acids is 1. The van der Waals surface area contributed by atoms with E-state index in [1.807, 2.05) is 30.3 Å². The van der Waals surface area contributed by atoms with Crippen LogP contribution < -0.4 is 22.1 Å². The van der Waals surface area contributed by atoms with Crippen LogP contribution in [0.3, 0.4) is 0 Å². The van der Waals surface area contributed by atoms with Crippen LogP contribution in [0.1, 0.15) is 37.7 Å². The third kappa shape index (κ3) is 8.00. The van der Waals surface area contributed by atoms with Crippen LogP contribution in [0.5, 0.6) is 0 Å². The molecular formula is C23H35N5O5S. The van der Waals surface area contributed by atoms with E-state index >= 15 is 0 Å². The molecule has 1 aromatic carbocycles. The second-order valence-electron chi connectivity index (χ2n) is 8.41. The topological polar surface area (TPSA) is 168 Å². The maximum Gasteiger partial charge on any atom is 0.326 e. The standard InChI is InChI=1S/C23H35N5O5S/c24-11-5-4-9-16(25)20(29)26-17(13-15-7-2-1-3-8-15)21(30)27-18(14-34)22(31)28-12-6-10-19(28)23(32)33/h1-3,7-8,16-19,34H,4-6,9-14,24-25H2,(H,26,29)(H,27,30)(H,32,33). The van der Waals surface area contributed by atoms with Crippen molar-refractivity contribution < 1.29 is 24.3 Å². The molecule has 34 heavy (non-hydrogen) atoms. The second-order valence-corrected chi connectivity index (χ2v) is 8.78. The number of nitrogens with two attached hydrogens (primary N) is 2. The number of carbonyl (C=O) groups excluding carboxylic acids is 3. The highest BCUT2D eigenvalue weighted by atomic mass is 32.1. The van der Waals surface area contributed by atoms with E-state index in [0.29, 0.717) is 38.8 Å². The highest BCUT2D eigenvalue weighted by Gasteiger charge is 2.38. The molecule has 1 aliphatic heterocycles. The quantitative estimate of drug-likeness (QED) is 0.161. The number of rotatable bonds is 13. The minimum atomic E-state index is -1.08. The second kappa shape index (κ2) is 13.9. The summed E-state index contributed by atoms with van der Waals surface area (Å²) < 4.78 is 0. The fourth-order valence-electron chi connectivity index (χ4n) is 3.92. The molecule has 1 aromatic rings. The van der Waals surface area contributed by atoms with Crippen LogP contribution in [0.25, 0.3) is 0 Å². The zero-order valence-electron chi connectivity index (χ0n) is 19.2. The van der Waals surface area contributed by atoms with Gasteiger partial charge < -0.3 is 32.1 Å². The first-order valence-electron chi connectivity index (χ1n) is 11.5. The summed E-state index contributed by atoms with van der Waals surface area (Å²) >= 11 is 4.19. The van der Waals surface area contributed by atoms with Crippen molar-refractivity contribution >= 4 is 36.3 Å². The molecule has 1 aliphatic rings. The smallest absolute Gasteiger partial charge is 0.326 e. The SMILES string of the molecule is NCCCCC(N)C(=O)NC(Cc1ccccc1)C(=O)NC(CS)C(=O)N1CCCC1C(=O)O. The van der Waals surface area contributed by atoms with Crippen molar-refractivity contribution in [2.24, 2.45) is 11.5 Å². The van der Waals surface area contributed by atoms with Gasteiger partial charge in [0.05, 0.1) is 6.04 Å². The third-order valence-corrected chi connectivity index (χ3v) is 6.20. The number of amides is 3. The fraction of sp³-hybridized carbons (Fsp3) is 0.565. The molecule has 11 heteroatoms. The summed E-state index contributed by atoms with van der Waals surface area (Å²) in [4.78, 5) is 51.5.